The normalized spacial score (nSPS) is 17.7. The number of aromatic nitrogens is 1. The van der Waals surface area contributed by atoms with Crippen molar-refractivity contribution in [3.63, 3.8) is 0 Å². The number of ketones is 1. The van der Waals surface area contributed by atoms with Crippen molar-refractivity contribution in [1.29, 1.82) is 0 Å². The lowest BCUT2D eigenvalue weighted by molar-refractivity contribution is 0.100. The van der Waals surface area contributed by atoms with Gasteiger partial charge in [0.25, 0.3) is 0 Å². The van der Waals surface area contributed by atoms with Crippen LogP contribution in [0.5, 0.6) is 11.5 Å². The maximum absolute atomic E-state index is 13.2. The molecule has 0 aliphatic carbocycles. The fraction of sp³-hybridized carbons (Fsp3) is 0.250. The van der Waals surface area contributed by atoms with E-state index in [4.69, 9.17) is 19.2 Å². The zero-order valence-corrected chi connectivity index (χ0v) is 16.8. The lowest BCUT2D eigenvalue weighted by Crippen LogP contribution is -2.37. The number of carbonyl (C=O) groups excluding carboxylic acids is 1. The van der Waals surface area contributed by atoms with E-state index in [1.807, 2.05) is 30.3 Å². The van der Waals surface area contributed by atoms with Gasteiger partial charge >= 0.3 is 0 Å². The van der Waals surface area contributed by atoms with Gasteiger partial charge in [-0.2, -0.15) is 0 Å². The summed E-state index contributed by atoms with van der Waals surface area (Å²) in [6.45, 7) is 3.10. The van der Waals surface area contributed by atoms with E-state index in [1.54, 1.807) is 25.3 Å². The van der Waals surface area contributed by atoms with Crippen LogP contribution in [-0.2, 0) is 4.74 Å². The van der Waals surface area contributed by atoms with Gasteiger partial charge in [0.15, 0.2) is 5.78 Å². The summed E-state index contributed by atoms with van der Waals surface area (Å²) in [5.74, 6) is 2.04. The third-order valence-corrected chi connectivity index (χ3v) is 5.48. The van der Waals surface area contributed by atoms with Crippen LogP contribution in [0.4, 0.5) is 5.82 Å². The van der Waals surface area contributed by atoms with Crippen LogP contribution in [0.25, 0.3) is 17.0 Å². The average molecular weight is 402 g/mol. The molecule has 0 atom stereocenters. The molecule has 0 saturated carbocycles. The third kappa shape index (κ3) is 3.39. The Labute approximate surface area is 174 Å². The van der Waals surface area contributed by atoms with Gasteiger partial charge in [-0.25, -0.2) is 4.98 Å². The summed E-state index contributed by atoms with van der Waals surface area (Å²) >= 11 is 0. The highest BCUT2D eigenvalue weighted by Gasteiger charge is 2.25. The first-order valence-electron chi connectivity index (χ1n) is 10.0. The van der Waals surface area contributed by atoms with Crippen LogP contribution in [0.2, 0.25) is 0 Å². The van der Waals surface area contributed by atoms with Crippen molar-refractivity contribution in [2.45, 2.75) is 0 Å². The van der Waals surface area contributed by atoms with Crippen LogP contribution in [-0.4, -0.2) is 50.8 Å². The van der Waals surface area contributed by atoms with Crippen molar-refractivity contribution in [2.75, 3.05) is 44.9 Å². The standard InChI is InChI=1S/C24H22N2O4/c1-28-19-6-7-22-20(14-19)23(27)18(15-30-22)13-17-12-16-4-2-3-5-21(16)25-24(17)26-8-10-29-11-9-26/h2-7,12-14H,8-11,15H2,1H3/b18-13+. The van der Waals surface area contributed by atoms with Crippen LogP contribution >= 0.6 is 0 Å². The highest BCUT2D eigenvalue weighted by Crippen LogP contribution is 2.33. The van der Waals surface area contributed by atoms with Crippen molar-refractivity contribution >= 4 is 28.6 Å². The first-order chi connectivity index (χ1) is 14.7. The molecule has 3 heterocycles. The number of anilines is 1. The summed E-state index contributed by atoms with van der Waals surface area (Å²) in [5.41, 5.74) is 2.97. The molecule has 2 aliphatic heterocycles. The molecule has 1 fully saturated rings. The van der Waals surface area contributed by atoms with Gasteiger partial charge in [-0.05, 0) is 36.4 Å². The average Bonchev–Trinajstić information content (AvgIpc) is 2.81. The molecular formula is C24H22N2O4. The van der Waals surface area contributed by atoms with Crippen LogP contribution in [0, 0.1) is 0 Å². The van der Waals surface area contributed by atoms with E-state index in [-0.39, 0.29) is 12.4 Å². The number of para-hydroxylation sites is 1. The summed E-state index contributed by atoms with van der Waals surface area (Å²) in [6, 6.07) is 15.4. The Hall–Kier alpha value is -3.38. The highest BCUT2D eigenvalue weighted by molar-refractivity contribution is 6.14. The quantitative estimate of drug-likeness (QED) is 0.622. The second kappa shape index (κ2) is 7.80. The maximum Gasteiger partial charge on any atom is 0.196 e. The summed E-state index contributed by atoms with van der Waals surface area (Å²) in [7, 11) is 1.59. The van der Waals surface area contributed by atoms with E-state index < -0.39 is 0 Å². The number of hydrogen-bond acceptors (Lipinski definition) is 6. The predicted octanol–water partition coefficient (Wildman–Crippen LogP) is 3.74. The monoisotopic (exact) mass is 402 g/mol. The SMILES string of the molecule is COc1ccc2c(c1)C(=O)/C(=C/c1cc3ccccc3nc1N1CCOCC1)CO2. The number of fused-ring (bicyclic) bond motifs is 2. The largest absolute Gasteiger partial charge is 0.497 e. The molecule has 0 radical (unpaired) electrons. The van der Waals surface area contributed by atoms with E-state index in [9.17, 15) is 4.79 Å². The minimum atomic E-state index is -0.0452. The van der Waals surface area contributed by atoms with Crippen molar-refractivity contribution in [2.24, 2.45) is 0 Å². The fourth-order valence-corrected chi connectivity index (χ4v) is 3.89. The maximum atomic E-state index is 13.2. The predicted molar refractivity (Wildman–Crippen MR) is 116 cm³/mol. The van der Waals surface area contributed by atoms with Crippen LogP contribution < -0.4 is 14.4 Å². The molecule has 5 rings (SSSR count). The molecule has 2 aromatic carbocycles. The van der Waals surface area contributed by atoms with E-state index in [0.29, 0.717) is 35.8 Å². The number of benzene rings is 2. The van der Waals surface area contributed by atoms with Crippen molar-refractivity contribution in [1.82, 2.24) is 4.98 Å². The van der Waals surface area contributed by atoms with Crippen LogP contribution in [0.15, 0.2) is 54.1 Å². The Kier molecular flexibility index (Phi) is 4.85. The van der Waals surface area contributed by atoms with Gasteiger partial charge < -0.3 is 19.1 Å². The summed E-state index contributed by atoms with van der Waals surface area (Å²) in [6.07, 6.45) is 1.91. The van der Waals surface area contributed by atoms with Gasteiger partial charge in [0.2, 0.25) is 0 Å². The molecular weight excluding hydrogens is 380 g/mol. The zero-order valence-electron chi connectivity index (χ0n) is 16.8. The van der Waals surface area contributed by atoms with Crippen molar-refractivity contribution in [3.05, 3.63) is 65.2 Å². The molecule has 1 saturated heterocycles. The minimum Gasteiger partial charge on any atom is -0.497 e. The molecule has 0 N–H and O–H groups in total. The Morgan fingerprint density at radius 3 is 2.77 bits per heavy atom. The number of pyridine rings is 1. The smallest absolute Gasteiger partial charge is 0.196 e. The molecule has 3 aromatic rings. The summed E-state index contributed by atoms with van der Waals surface area (Å²) in [5, 5.41) is 1.03. The second-order valence-electron chi connectivity index (χ2n) is 7.34. The molecule has 6 heteroatoms. The van der Waals surface area contributed by atoms with Crippen LogP contribution in [0.3, 0.4) is 0 Å². The van der Waals surface area contributed by atoms with Crippen molar-refractivity contribution < 1.29 is 19.0 Å². The minimum absolute atomic E-state index is 0.0452. The number of carbonyl (C=O) groups is 1. The fourth-order valence-electron chi connectivity index (χ4n) is 3.89. The Morgan fingerprint density at radius 2 is 1.93 bits per heavy atom. The number of methoxy groups -OCH3 is 1. The van der Waals surface area contributed by atoms with Gasteiger partial charge in [0, 0.05) is 29.6 Å². The highest BCUT2D eigenvalue weighted by atomic mass is 16.5. The lowest BCUT2D eigenvalue weighted by atomic mass is 9.97. The van der Waals surface area contributed by atoms with Crippen molar-refractivity contribution in [3.8, 4) is 11.5 Å². The second-order valence-corrected chi connectivity index (χ2v) is 7.34. The summed E-state index contributed by atoms with van der Waals surface area (Å²) < 4.78 is 16.6. The van der Waals surface area contributed by atoms with E-state index in [1.165, 1.54) is 0 Å². The number of ether oxygens (including phenoxy) is 3. The molecule has 2 aliphatic rings. The first-order valence-corrected chi connectivity index (χ1v) is 10.0. The number of rotatable bonds is 3. The zero-order chi connectivity index (χ0) is 20.5. The number of morpholine rings is 1. The van der Waals surface area contributed by atoms with Crippen LogP contribution in [0.1, 0.15) is 15.9 Å². The third-order valence-electron chi connectivity index (χ3n) is 5.48. The van der Waals surface area contributed by atoms with E-state index in [2.05, 4.69) is 11.0 Å². The Morgan fingerprint density at radius 1 is 1.10 bits per heavy atom. The van der Waals surface area contributed by atoms with Gasteiger partial charge in [-0.15, -0.1) is 0 Å². The summed E-state index contributed by atoms with van der Waals surface area (Å²) in [4.78, 5) is 20.3. The topological polar surface area (TPSA) is 60.9 Å². The van der Waals surface area contributed by atoms with Gasteiger partial charge in [0.05, 0.1) is 31.4 Å². The molecule has 0 spiro atoms. The number of Topliss-reactive ketones (excluding diaryl/α,β-unsaturated/α-hetero) is 1. The lowest BCUT2D eigenvalue weighted by Gasteiger charge is -2.29. The van der Waals surface area contributed by atoms with E-state index >= 15 is 0 Å². The van der Waals surface area contributed by atoms with Gasteiger partial charge in [-0.3, -0.25) is 4.79 Å². The molecule has 0 amide bonds. The van der Waals surface area contributed by atoms with Gasteiger partial charge in [-0.1, -0.05) is 18.2 Å². The molecule has 152 valence electrons. The first kappa shape index (κ1) is 18.6. The number of hydrogen-bond donors (Lipinski definition) is 0. The molecule has 0 unspecified atom stereocenters. The molecule has 1 aromatic heterocycles. The molecule has 0 bridgehead atoms. The van der Waals surface area contributed by atoms with Gasteiger partial charge in [0.1, 0.15) is 23.9 Å². The van der Waals surface area contributed by atoms with E-state index in [0.717, 1.165) is 35.4 Å². The molecule has 6 nitrogen and oxygen atoms in total. The molecule has 30 heavy (non-hydrogen) atoms. The number of nitrogens with zero attached hydrogens (tertiary/aromatic N) is 2. The Bertz CT molecular complexity index is 1150. The Balaban J connectivity index is 1.59.